The highest BCUT2D eigenvalue weighted by Crippen LogP contribution is 2.27. The molecule has 0 saturated carbocycles. The third-order valence-electron chi connectivity index (χ3n) is 4.95. The summed E-state index contributed by atoms with van der Waals surface area (Å²) < 4.78 is 1.85. The first kappa shape index (κ1) is 17.1. The zero-order chi connectivity index (χ0) is 18.1. The maximum Gasteiger partial charge on any atom is 0.232 e. The summed E-state index contributed by atoms with van der Waals surface area (Å²) in [6.07, 6.45) is 5.83. The molecule has 134 valence electrons. The van der Waals surface area contributed by atoms with Gasteiger partial charge in [0, 0.05) is 31.0 Å². The van der Waals surface area contributed by atoms with Crippen molar-refractivity contribution in [1.82, 2.24) is 19.5 Å². The summed E-state index contributed by atoms with van der Waals surface area (Å²) in [5.41, 5.74) is 5.49. The van der Waals surface area contributed by atoms with Crippen LogP contribution in [-0.2, 0) is 4.79 Å². The summed E-state index contributed by atoms with van der Waals surface area (Å²) in [5.74, 6) is 0.627. The Bertz CT molecular complexity index is 960. The largest absolute Gasteiger partial charge is 0.342 e. The lowest BCUT2D eigenvalue weighted by atomic mass is 10.0. The van der Waals surface area contributed by atoms with Crippen LogP contribution in [0.1, 0.15) is 24.0 Å². The highest BCUT2D eigenvalue weighted by molar-refractivity contribution is 8.00. The molecule has 1 saturated heterocycles. The lowest BCUT2D eigenvalue weighted by Gasteiger charge is -2.14. The molecule has 0 aliphatic carbocycles. The number of likely N-dealkylation sites (tertiary alicyclic amines) is 1. The Balaban J connectivity index is 1.59. The molecule has 0 N–H and O–H groups in total. The van der Waals surface area contributed by atoms with Crippen LogP contribution >= 0.6 is 11.8 Å². The van der Waals surface area contributed by atoms with Crippen LogP contribution in [0.4, 0.5) is 0 Å². The van der Waals surface area contributed by atoms with Crippen molar-refractivity contribution in [3.8, 4) is 11.3 Å². The molecule has 1 fully saturated rings. The highest BCUT2D eigenvalue weighted by atomic mass is 32.2. The minimum absolute atomic E-state index is 0.199. The van der Waals surface area contributed by atoms with Crippen molar-refractivity contribution in [3.05, 3.63) is 47.8 Å². The number of hydrogen-bond acceptors (Lipinski definition) is 4. The molecule has 0 bridgehead atoms. The first-order valence-corrected chi connectivity index (χ1v) is 9.93. The zero-order valence-electron chi connectivity index (χ0n) is 15.1. The number of aryl methyl sites for hydroxylation is 2. The zero-order valence-corrected chi connectivity index (χ0v) is 15.9. The van der Waals surface area contributed by atoms with Crippen molar-refractivity contribution in [3.63, 3.8) is 0 Å². The third-order valence-corrected chi connectivity index (χ3v) is 5.93. The lowest BCUT2D eigenvalue weighted by molar-refractivity contribution is -0.127. The van der Waals surface area contributed by atoms with Crippen LogP contribution in [0.15, 0.2) is 41.7 Å². The number of aromatic nitrogens is 3. The summed E-state index contributed by atoms with van der Waals surface area (Å²) in [4.78, 5) is 18.7. The molecule has 1 aromatic carbocycles. The third kappa shape index (κ3) is 3.33. The van der Waals surface area contributed by atoms with Gasteiger partial charge in [0.1, 0.15) is 5.03 Å². The van der Waals surface area contributed by atoms with Gasteiger partial charge in [-0.2, -0.15) is 5.10 Å². The van der Waals surface area contributed by atoms with Crippen molar-refractivity contribution >= 4 is 23.2 Å². The molecule has 1 aliphatic heterocycles. The number of benzene rings is 1. The highest BCUT2D eigenvalue weighted by Gasteiger charge is 2.19. The molecule has 4 rings (SSSR count). The molecule has 0 spiro atoms. The van der Waals surface area contributed by atoms with Gasteiger partial charge in [0.2, 0.25) is 5.91 Å². The van der Waals surface area contributed by atoms with E-state index in [9.17, 15) is 4.79 Å². The number of carbonyl (C=O) groups is 1. The van der Waals surface area contributed by atoms with Gasteiger partial charge in [0.15, 0.2) is 0 Å². The molecule has 6 heteroatoms. The van der Waals surface area contributed by atoms with Gasteiger partial charge in [-0.25, -0.2) is 9.50 Å². The maximum atomic E-state index is 12.3. The fourth-order valence-corrected chi connectivity index (χ4v) is 4.12. The quantitative estimate of drug-likeness (QED) is 0.660. The smallest absolute Gasteiger partial charge is 0.232 e. The number of hydrogen-bond donors (Lipinski definition) is 0. The first-order chi connectivity index (χ1) is 12.6. The molecular weight excluding hydrogens is 344 g/mol. The maximum absolute atomic E-state index is 12.3. The molecule has 0 radical (unpaired) electrons. The molecule has 3 aromatic rings. The second-order valence-electron chi connectivity index (χ2n) is 6.77. The van der Waals surface area contributed by atoms with Gasteiger partial charge < -0.3 is 4.90 Å². The van der Waals surface area contributed by atoms with E-state index in [0.29, 0.717) is 5.75 Å². The molecule has 26 heavy (non-hydrogen) atoms. The topological polar surface area (TPSA) is 50.5 Å². The Kier molecular flexibility index (Phi) is 4.68. The van der Waals surface area contributed by atoms with E-state index in [0.717, 1.165) is 47.7 Å². The summed E-state index contributed by atoms with van der Waals surface area (Å²) >= 11 is 1.50. The SMILES string of the molecule is Cc1ccc(-c2cc3c(SCC(=O)N4CCCC4)nccn3n2)cc1C. The van der Waals surface area contributed by atoms with Crippen LogP contribution in [0, 0.1) is 13.8 Å². The average Bonchev–Trinajstić information content (AvgIpc) is 3.31. The second kappa shape index (κ2) is 7.11. The van der Waals surface area contributed by atoms with Gasteiger partial charge in [-0.1, -0.05) is 23.9 Å². The van der Waals surface area contributed by atoms with Crippen LogP contribution in [-0.4, -0.2) is 44.2 Å². The summed E-state index contributed by atoms with van der Waals surface area (Å²) in [5, 5.41) is 5.54. The number of amides is 1. The van der Waals surface area contributed by atoms with Crippen LogP contribution in [0.5, 0.6) is 0 Å². The number of fused-ring (bicyclic) bond motifs is 1. The Hall–Kier alpha value is -2.34. The Morgan fingerprint density at radius 1 is 1.15 bits per heavy atom. The van der Waals surface area contributed by atoms with E-state index >= 15 is 0 Å². The average molecular weight is 366 g/mol. The van der Waals surface area contributed by atoms with Crippen LogP contribution < -0.4 is 0 Å². The Morgan fingerprint density at radius 3 is 2.73 bits per heavy atom. The van der Waals surface area contributed by atoms with Gasteiger partial charge in [-0.3, -0.25) is 4.79 Å². The normalized spacial score (nSPS) is 14.3. The predicted molar refractivity (Wildman–Crippen MR) is 104 cm³/mol. The van der Waals surface area contributed by atoms with Crippen LogP contribution in [0.2, 0.25) is 0 Å². The number of carbonyl (C=O) groups excluding carboxylic acids is 1. The molecule has 1 amide bonds. The molecule has 2 aromatic heterocycles. The molecule has 1 aliphatic rings. The molecule has 3 heterocycles. The first-order valence-electron chi connectivity index (χ1n) is 8.94. The molecule has 5 nitrogen and oxygen atoms in total. The number of rotatable bonds is 4. The van der Waals surface area contributed by atoms with Crippen molar-refractivity contribution < 1.29 is 4.79 Å². The standard InChI is InChI=1S/C20H22N4OS/c1-14-5-6-16(11-15(14)2)17-12-18-20(21-7-10-24(18)22-17)26-13-19(25)23-8-3-4-9-23/h5-7,10-12H,3-4,8-9,13H2,1-2H3. The molecular formula is C20H22N4OS. The van der Waals surface area contributed by atoms with Crippen molar-refractivity contribution in [2.24, 2.45) is 0 Å². The van der Waals surface area contributed by atoms with E-state index in [4.69, 9.17) is 0 Å². The van der Waals surface area contributed by atoms with E-state index < -0.39 is 0 Å². The minimum atomic E-state index is 0.199. The van der Waals surface area contributed by atoms with E-state index in [1.807, 2.05) is 15.6 Å². The van der Waals surface area contributed by atoms with Gasteiger partial charge in [-0.05, 0) is 49.9 Å². The van der Waals surface area contributed by atoms with Gasteiger partial charge in [0.05, 0.1) is 17.0 Å². The predicted octanol–water partition coefficient (Wildman–Crippen LogP) is 3.73. The second-order valence-corrected chi connectivity index (χ2v) is 7.73. The van der Waals surface area contributed by atoms with Crippen molar-refractivity contribution in [2.75, 3.05) is 18.8 Å². The molecule has 0 atom stereocenters. The van der Waals surface area contributed by atoms with Gasteiger partial charge in [0.25, 0.3) is 0 Å². The van der Waals surface area contributed by atoms with E-state index in [1.54, 1.807) is 6.20 Å². The number of nitrogens with zero attached hydrogens (tertiary/aromatic N) is 4. The van der Waals surface area contributed by atoms with Crippen LogP contribution in [0.25, 0.3) is 16.8 Å². The van der Waals surface area contributed by atoms with Crippen molar-refractivity contribution in [2.45, 2.75) is 31.7 Å². The lowest BCUT2D eigenvalue weighted by Crippen LogP contribution is -2.29. The van der Waals surface area contributed by atoms with Crippen molar-refractivity contribution in [1.29, 1.82) is 0 Å². The Morgan fingerprint density at radius 2 is 1.96 bits per heavy atom. The van der Waals surface area contributed by atoms with Gasteiger partial charge >= 0.3 is 0 Å². The monoisotopic (exact) mass is 366 g/mol. The molecule has 0 unspecified atom stereocenters. The fraction of sp³-hybridized carbons (Fsp3) is 0.350. The Labute approximate surface area is 157 Å². The minimum Gasteiger partial charge on any atom is -0.342 e. The van der Waals surface area contributed by atoms with Gasteiger partial charge in [-0.15, -0.1) is 0 Å². The summed E-state index contributed by atoms with van der Waals surface area (Å²) in [6, 6.07) is 8.44. The fourth-order valence-electron chi connectivity index (χ4n) is 3.24. The summed E-state index contributed by atoms with van der Waals surface area (Å²) in [6.45, 7) is 6.00. The van der Waals surface area contributed by atoms with Crippen LogP contribution in [0.3, 0.4) is 0 Å². The van der Waals surface area contributed by atoms with E-state index in [2.05, 4.69) is 48.2 Å². The van der Waals surface area contributed by atoms with E-state index in [1.165, 1.54) is 22.9 Å². The summed E-state index contributed by atoms with van der Waals surface area (Å²) in [7, 11) is 0. The van der Waals surface area contributed by atoms with E-state index in [-0.39, 0.29) is 5.91 Å². The number of thioether (sulfide) groups is 1.